The first-order valence-electron chi connectivity index (χ1n) is 8.86. The van der Waals surface area contributed by atoms with E-state index < -0.39 is 17.6 Å². The number of rotatable bonds is 4. The van der Waals surface area contributed by atoms with E-state index in [0.717, 1.165) is 18.9 Å². The Labute approximate surface area is 159 Å². The smallest absolute Gasteiger partial charge is 0.352 e. The van der Waals surface area contributed by atoms with E-state index >= 15 is 0 Å². The van der Waals surface area contributed by atoms with Crippen molar-refractivity contribution < 1.29 is 18.0 Å². The van der Waals surface area contributed by atoms with Gasteiger partial charge in [0.2, 0.25) is 0 Å². The van der Waals surface area contributed by atoms with Crippen LogP contribution in [0.5, 0.6) is 0 Å². The van der Waals surface area contributed by atoms with Crippen LogP contribution in [0, 0.1) is 5.92 Å². The lowest BCUT2D eigenvalue weighted by Gasteiger charge is -2.36. The Morgan fingerprint density at radius 2 is 1.81 bits per heavy atom. The predicted molar refractivity (Wildman–Crippen MR) is 101 cm³/mol. The second kappa shape index (κ2) is 7.00. The molecule has 1 aliphatic carbocycles. The van der Waals surface area contributed by atoms with Gasteiger partial charge in [0.1, 0.15) is 0 Å². The molecule has 1 aromatic heterocycles. The number of hydrogen-bond acceptors (Lipinski definition) is 2. The molecule has 2 atom stereocenters. The third-order valence-electron chi connectivity index (χ3n) is 5.23. The molecule has 0 spiro atoms. The molecule has 1 amide bonds. The number of halogens is 3. The monoisotopic (exact) mass is 389 g/mol. The maximum atomic E-state index is 13.1. The van der Waals surface area contributed by atoms with Gasteiger partial charge < -0.3 is 5.32 Å². The third-order valence-corrected chi connectivity index (χ3v) is 6.48. The molecule has 2 nitrogen and oxygen atoms in total. The Balaban J connectivity index is 1.44. The Bertz CT molecular complexity index is 946. The van der Waals surface area contributed by atoms with Crippen molar-refractivity contribution in [3.05, 3.63) is 70.6 Å². The number of fused-ring (bicyclic) bond motifs is 1. The molecule has 140 valence electrons. The van der Waals surface area contributed by atoms with Gasteiger partial charge in [0.15, 0.2) is 0 Å². The van der Waals surface area contributed by atoms with Crippen molar-refractivity contribution in [3.63, 3.8) is 0 Å². The number of amides is 1. The first-order valence-corrected chi connectivity index (χ1v) is 9.68. The molecule has 4 rings (SSSR count). The van der Waals surface area contributed by atoms with E-state index in [2.05, 4.69) is 23.5 Å². The Morgan fingerprint density at radius 1 is 1.07 bits per heavy atom. The molecular weight excluding hydrogens is 371 g/mol. The van der Waals surface area contributed by atoms with Gasteiger partial charge in [-0.05, 0) is 54.3 Å². The van der Waals surface area contributed by atoms with Crippen molar-refractivity contribution in [2.45, 2.75) is 24.9 Å². The predicted octanol–water partition coefficient (Wildman–Crippen LogP) is 5.84. The van der Waals surface area contributed by atoms with Gasteiger partial charge in [0.05, 0.1) is 11.1 Å². The summed E-state index contributed by atoms with van der Waals surface area (Å²) in [4.78, 5) is 13.6. The lowest BCUT2D eigenvalue weighted by Crippen LogP contribution is -2.37. The van der Waals surface area contributed by atoms with Crippen LogP contribution in [0.2, 0.25) is 0 Å². The summed E-state index contributed by atoms with van der Waals surface area (Å²) in [7, 11) is 0. The van der Waals surface area contributed by atoms with Gasteiger partial charge in [-0.15, -0.1) is 11.3 Å². The van der Waals surface area contributed by atoms with Crippen molar-refractivity contribution in [2.24, 2.45) is 5.92 Å². The van der Waals surface area contributed by atoms with Gasteiger partial charge in [-0.2, -0.15) is 13.2 Å². The summed E-state index contributed by atoms with van der Waals surface area (Å²) in [5.41, 5.74) is -1.21. The molecular formula is C21H18F3NOS. The standard InChI is InChI=1S/C21H18F3NOS/c22-21(23,24)17-7-3-2-6-16(17)20(26)25-12-14-9-10-15(14)19-11-13-5-1-4-8-18(13)27-19/h1-8,11,14-15H,9-10,12H2,(H,25,26). The average molecular weight is 389 g/mol. The quantitative estimate of drug-likeness (QED) is 0.596. The molecule has 27 heavy (non-hydrogen) atoms. The molecule has 6 heteroatoms. The van der Waals surface area contributed by atoms with Crippen molar-refractivity contribution in [1.82, 2.24) is 5.32 Å². The van der Waals surface area contributed by atoms with Crippen molar-refractivity contribution in [3.8, 4) is 0 Å². The molecule has 1 aliphatic rings. The van der Waals surface area contributed by atoms with E-state index in [1.165, 1.54) is 33.2 Å². The summed E-state index contributed by atoms with van der Waals surface area (Å²) >= 11 is 1.76. The molecule has 3 aromatic rings. The molecule has 1 saturated carbocycles. The molecule has 2 aromatic carbocycles. The van der Waals surface area contributed by atoms with Crippen molar-refractivity contribution in [1.29, 1.82) is 0 Å². The van der Waals surface area contributed by atoms with Crippen LogP contribution in [0.25, 0.3) is 10.1 Å². The zero-order valence-electron chi connectivity index (χ0n) is 14.4. The van der Waals surface area contributed by atoms with Gasteiger partial charge in [0, 0.05) is 16.1 Å². The van der Waals surface area contributed by atoms with Crippen molar-refractivity contribution in [2.75, 3.05) is 6.54 Å². The highest BCUT2D eigenvalue weighted by Crippen LogP contribution is 2.46. The summed E-state index contributed by atoms with van der Waals surface area (Å²) in [6.45, 7) is 0.393. The number of thiophene rings is 1. The number of nitrogens with one attached hydrogen (secondary N) is 1. The summed E-state index contributed by atoms with van der Waals surface area (Å²) in [5, 5.41) is 3.93. The molecule has 0 saturated heterocycles. The fourth-order valence-electron chi connectivity index (χ4n) is 3.62. The summed E-state index contributed by atoms with van der Waals surface area (Å²) in [5.74, 6) is -0.0365. The SMILES string of the molecule is O=C(NCC1CCC1c1cc2ccccc2s1)c1ccccc1C(F)(F)F. The molecule has 2 unspecified atom stereocenters. The largest absolute Gasteiger partial charge is 0.417 e. The van der Waals surface area contributed by atoms with Crippen LogP contribution in [0.3, 0.4) is 0 Å². The molecule has 1 fully saturated rings. The van der Waals surface area contributed by atoms with E-state index in [4.69, 9.17) is 0 Å². The van der Waals surface area contributed by atoms with Crippen LogP contribution in [0.15, 0.2) is 54.6 Å². The van der Waals surface area contributed by atoms with E-state index in [1.807, 2.05) is 12.1 Å². The van der Waals surface area contributed by atoms with E-state index in [9.17, 15) is 18.0 Å². The maximum Gasteiger partial charge on any atom is 0.417 e. The van der Waals surface area contributed by atoms with E-state index in [-0.39, 0.29) is 11.5 Å². The fourth-order valence-corrected chi connectivity index (χ4v) is 4.91. The highest BCUT2D eigenvalue weighted by Gasteiger charge is 2.36. The van der Waals surface area contributed by atoms with Crippen LogP contribution in [-0.2, 0) is 6.18 Å². The fraction of sp³-hybridized carbons (Fsp3) is 0.286. The second-order valence-electron chi connectivity index (χ2n) is 6.88. The summed E-state index contributed by atoms with van der Waals surface area (Å²) < 4.78 is 40.5. The lowest BCUT2D eigenvalue weighted by molar-refractivity contribution is -0.137. The maximum absolute atomic E-state index is 13.1. The molecule has 0 radical (unpaired) electrons. The number of hydrogen-bond donors (Lipinski definition) is 1. The third kappa shape index (κ3) is 3.58. The molecule has 0 bridgehead atoms. The molecule has 0 aliphatic heterocycles. The van der Waals surface area contributed by atoms with Crippen LogP contribution in [0.4, 0.5) is 13.2 Å². The highest BCUT2D eigenvalue weighted by atomic mass is 32.1. The number of carbonyl (C=O) groups is 1. The van der Waals surface area contributed by atoms with Crippen LogP contribution >= 0.6 is 11.3 Å². The van der Waals surface area contributed by atoms with Gasteiger partial charge in [-0.25, -0.2) is 0 Å². The van der Waals surface area contributed by atoms with Crippen LogP contribution < -0.4 is 5.32 Å². The van der Waals surface area contributed by atoms with Crippen molar-refractivity contribution >= 4 is 27.3 Å². The minimum atomic E-state index is -4.54. The minimum absolute atomic E-state index is 0.264. The molecule has 1 N–H and O–H groups in total. The average Bonchev–Trinajstić information content (AvgIpc) is 3.03. The lowest BCUT2D eigenvalue weighted by atomic mass is 9.72. The summed E-state index contributed by atoms with van der Waals surface area (Å²) in [6.07, 6.45) is -2.52. The Morgan fingerprint density at radius 3 is 2.52 bits per heavy atom. The number of carbonyl (C=O) groups excluding carboxylic acids is 1. The zero-order valence-corrected chi connectivity index (χ0v) is 15.2. The van der Waals surface area contributed by atoms with Crippen LogP contribution in [0.1, 0.15) is 39.6 Å². The normalized spacial score (nSPS) is 19.7. The highest BCUT2D eigenvalue weighted by molar-refractivity contribution is 7.19. The van der Waals surface area contributed by atoms with E-state index in [0.29, 0.717) is 12.5 Å². The minimum Gasteiger partial charge on any atom is -0.352 e. The van der Waals surface area contributed by atoms with Gasteiger partial charge in [0.25, 0.3) is 5.91 Å². The van der Waals surface area contributed by atoms with Crippen LogP contribution in [-0.4, -0.2) is 12.5 Å². The van der Waals surface area contributed by atoms with Gasteiger partial charge in [-0.3, -0.25) is 4.79 Å². The van der Waals surface area contributed by atoms with E-state index in [1.54, 1.807) is 11.3 Å². The Kier molecular flexibility index (Phi) is 4.68. The first kappa shape index (κ1) is 18.0. The first-order chi connectivity index (χ1) is 12.9. The van der Waals surface area contributed by atoms with Gasteiger partial charge in [-0.1, -0.05) is 30.3 Å². The number of benzene rings is 2. The van der Waals surface area contributed by atoms with Gasteiger partial charge >= 0.3 is 6.18 Å². The molecule has 1 heterocycles. The summed E-state index contributed by atoms with van der Waals surface area (Å²) in [6, 6.07) is 15.3. The number of alkyl halides is 3. The topological polar surface area (TPSA) is 29.1 Å². The Hall–Kier alpha value is -2.34. The zero-order chi connectivity index (χ0) is 19.0. The second-order valence-corrected chi connectivity index (χ2v) is 8.00.